The van der Waals surface area contributed by atoms with Gasteiger partial charge in [0.05, 0.1) is 6.20 Å². The second kappa shape index (κ2) is 6.47. The van der Waals surface area contributed by atoms with Crippen LogP contribution >= 0.6 is 11.6 Å². The van der Waals surface area contributed by atoms with Gasteiger partial charge in [-0.2, -0.15) is 5.10 Å². The first-order valence-corrected chi connectivity index (χ1v) is 8.00. The summed E-state index contributed by atoms with van der Waals surface area (Å²) in [5, 5.41) is 5.17. The second-order valence-electron chi connectivity index (χ2n) is 5.77. The number of hydrogen-bond donors (Lipinski definition) is 0. The van der Waals surface area contributed by atoms with Crippen molar-refractivity contribution in [3.8, 4) is 22.6 Å². The summed E-state index contributed by atoms with van der Waals surface area (Å²) >= 11 is 5.90. The Morgan fingerprint density at radius 2 is 1.78 bits per heavy atom. The predicted octanol–water partition coefficient (Wildman–Crippen LogP) is 5.89. The molecule has 1 aromatic heterocycles. The first-order valence-electron chi connectivity index (χ1n) is 7.62. The third-order valence-corrected chi connectivity index (χ3v) is 3.98. The van der Waals surface area contributed by atoms with E-state index in [-0.39, 0.29) is 0 Å². The molecule has 1 heterocycles. The van der Waals surface area contributed by atoms with Gasteiger partial charge in [-0.05, 0) is 62.7 Å². The van der Waals surface area contributed by atoms with Crippen molar-refractivity contribution in [2.75, 3.05) is 0 Å². The van der Waals surface area contributed by atoms with Gasteiger partial charge in [0.2, 0.25) is 0 Å². The molecule has 3 nitrogen and oxygen atoms in total. The summed E-state index contributed by atoms with van der Waals surface area (Å²) in [5.74, 6) is 1.56. The molecule has 3 aromatic rings. The maximum absolute atomic E-state index is 5.90. The normalized spacial score (nSPS) is 11.0. The molecule has 0 N–H and O–H groups in total. The maximum Gasteiger partial charge on any atom is 0.128 e. The van der Waals surface area contributed by atoms with Gasteiger partial charge in [-0.15, -0.1) is 0 Å². The lowest BCUT2D eigenvalue weighted by Crippen LogP contribution is -2.04. The van der Waals surface area contributed by atoms with E-state index in [4.69, 9.17) is 16.3 Å². The minimum Gasteiger partial charge on any atom is -0.457 e. The fraction of sp³-hybridized carbons (Fsp3) is 0.211. The van der Waals surface area contributed by atoms with Gasteiger partial charge in [0, 0.05) is 22.3 Å². The number of ether oxygens (including phenoxy) is 1. The van der Waals surface area contributed by atoms with Gasteiger partial charge in [0.1, 0.15) is 11.5 Å². The molecule has 3 rings (SSSR count). The zero-order chi connectivity index (χ0) is 16.4. The molecular weight excluding hydrogens is 308 g/mol. The molecule has 0 spiro atoms. The monoisotopic (exact) mass is 326 g/mol. The molecule has 0 radical (unpaired) electrons. The lowest BCUT2D eigenvalue weighted by molar-refractivity contribution is 0.483. The quantitative estimate of drug-likeness (QED) is 0.598. The molecule has 0 aliphatic carbocycles. The minimum absolute atomic E-state index is 0.345. The zero-order valence-corrected chi connectivity index (χ0v) is 14.2. The van der Waals surface area contributed by atoms with Crippen LogP contribution in [0.5, 0.6) is 11.5 Å². The van der Waals surface area contributed by atoms with Gasteiger partial charge in [-0.25, -0.2) is 0 Å². The van der Waals surface area contributed by atoms with E-state index in [1.807, 2.05) is 53.3 Å². The number of aromatic nitrogens is 2. The van der Waals surface area contributed by atoms with Crippen molar-refractivity contribution in [3.63, 3.8) is 0 Å². The highest BCUT2D eigenvalue weighted by Crippen LogP contribution is 2.30. The maximum atomic E-state index is 5.90. The predicted molar refractivity (Wildman–Crippen MR) is 94.3 cm³/mol. The summed E-state index contributed by atoms with van der Waals surface area (Å²) in [5.41, 5.74) is 3.38. The minimum atomic E-state index is 0.345. The highest BCUT2D eigenvalue weighted by atomic mass is 35.5. The zero-order valence-electron chi connectivity index (χ0n) is 13.5. The van der Waals surface area contributed by atoms with E-state index in [9.17, 15) is 0 Å². The third kappa shape index (κ3) is 3.40. The van der Waals surface area contributed by atoms with Crippen LogP contribution in [-0.4, -0.2) is 9.78 Å². The molecule has 23 heavy (non-hydrogen) atoms. The largest absolute Gasteiger partial charge is 0.457 e. The van der Waals surface area contributed by atoms with Crippen molar-refractivity contribution in [1.82, 2.24) is 9.78 Å². The van der Waals surface area contributed by atoms with E-state index < -0.39 is 0 Å². The van der Waals surface area contributed by atoms with E-state index in [1.54, 1.807) is 0 Å². The van der Waals surface area contributed by atoms with Crippen molar-refractivity contribution in [2.24, 2.45) is 0 Å². The first kappa shape index (κ1) is 15.6. The Hall–Kier alpha value is -2.26. The molecule has 0 saturated carbocycles. The van der Waals surface area contributed by atoms with Crippen molar-refractivity contribution in [1.29, 1.82) is 0 Å². The van der Waals surface area contributed by atoms with E-state index in [1.165, 1.54) is 0 Å². The van der Waals surface area contributed by atoms with Gasteiger partial charge in [-0.3, -0.25) is 4.68 Å². The smallest absolute Gasteiger partial charge is 0.128 e. The molecule has 0 saturated heterocycles. The van der Waals surface area contributed by atoms with Gasteiger partial charge in [0.15, 0.2) is 0 Å². The molecule has 118 valence electrons. The van der Waals surface area contributed by atoms with Crippen LogP contribution in [0.3, 0.4) is 0 Å². The van der Waals surface area contributed by atoms with Gasteiger partial charge in [0.25, 0.3) is 0 Å². The average Bonchev–Trinajstić information content (AvgIpc) is 2.92. The number of halogens is 1. The first-order chi connectivity index (χ1) is 11.0. The second-order valence-corrected chi connectivity index (χ2v) is 6.20. The summed E-state index contributed by atoms with van der Waals surface area (Å²) in [6, 6.07) is 15.7. The van der Waals surface area contributed by atoms with Crippen LogP contribution in [0.1, 0.15) is 25.6 Å². The SMILES string of the molecule is Cc1c(-c2cccc(Oc3ccc(Cl)cc3)c2)cnn1C(C)C. The summed E-state index contributed by atoms with van der Waals surface area (Å²) < 4.78 is 7.93. The molecular formula is C19H19ClN2O. The molecule has 0 amide bonds. The molecule has 0 atom stereocenters. The Balaban J connectivity index is 1.89. The fourth-order valence-corrected chi connectivity index (χ4v) is 2.72. The Bertz CT molecular complexity index is 806. The highest BCUT2D eigenvalue weighted by molar-refractivity contribution is 6.30. The van der Waals surface area contributed by atoms with Gasteiger partial charge >= 0.3 is 0 Å². The lowest BCUT2D eigenvalue weighted by Gasteiger charge is -2.10. The van der Waals surface area contributed by atoms with Crippen molar-refractivity contribution < 1.29 is 4.74 Å². The Kier molecular flexibility index (Phi) is 4.39. The molecule has 2 aromatic carbocycles. The number of rotatable bonds is 4. The van der Waals surface area contributed by atoms with Crippen LogP contribution in [0, 0.1) is 6.92 Å². The van der Waals surface area contributed by atoms with E-state index >= 15 is 0 Å². The van der Waals surface area contributed by atoms with Gasteiger partial charge in [-0.1, -0.05) is 23.7 Å². The lowest BCUT2D eigenvalue weighted by atomic mass is 10.1. The Morgan fingerprint density at radius 1 is 1.04 bits per heavy atom. The molecule has 0 aliphatic rings. The molecule has 0 bridgehead atoms. The van der Waals surface area contributed by atoms with Crippen molar-refractivity contribution >= 4 is 11.6 Å². The van der Waals surface area contributed by atoms with Crippen LogP contribution in [0.15, 0.2) is 54.7 Å². The summed E-state index contributed by atoms with van der Waals surface area (Å²) in [7, 11) is 0. The van der Waals surface area contributed by atoms with Gasteiger partial charge < -0.3 is 4.74 Å². The highest BCUT2D eigenvalue weighted by Gasteiger charge is 2.11. The molecule has 0 unspecified atom stereocenters. The average molecular weight is 327 g/mol. The van der Waals surface area contributed by atoms with Crippen LogP contribution in [0.2, 0.25) is 5.02 Å². The standard InChI is InChI=1S/C19H19ClN2O/c1-13(2)22-14(3)19(12-21-22)15-5-4-6-18(11-15)23-17-9-7-16(20)8-10-17/h4-13H,1-3H3. The van der Waals surface area contributed by atoms with Crippen LogP contribution in [0.4, 0.5) is 0 Å². The van der Waals surface area contributed by atoms with E-state index in [2.05, 4.69) is 31.9 Å². The van der Waals surface area contributed by atoms with Crippen LogP contribution < -0.4 is 4.74 Å². The van der Waals surface area contributed by atoms with Crippen LogP contribution in [0.25, 0.3) is 11.1 Å². The third-order valence-electron chi connectivity index (χ3n) is 3.73. The van der Waals surface area contributed by atoms with E-state index in [0.717, 1.165) is 28.3 Å². The fourth-order valence-electron chi connectivity index (χ4n) is 2.59. The topological polar surface area (TPSA) is 27.1 Å². The molecule has 4 heteroatoms. The van der Waals surface area contributed by atoms with Crippen LogP contribution in [-0.2, 0) is 0 Å². The molecule has 0 fully saturated rings. The number of nitrogens with zero attached hydrogens (tertiary/aromatic N) is 2. The van der Waals surface area contributed by atoms with E-state index in [0.29, 0.717) is 11.1 Å². The Labute approximate surface area is 141 Å². The summed E-state index contributed by atoms with van der Waals surface area (Å²) in [6.07, 6.45) is 1.91. The molecule has 0 aliphatic heterocycles. The summed E-state index contributed by atoms with van der Waals surface area (Å²) in [4.78, 5) is 0. The Morgan fingerprint density at radius 3 is 2.43 bits per heavy atom. The van der Waals surface area contributed by atoms with Crippen molar-refractivity contribution in [3.05, 3.63) is 65.4 Å². The van der Waals surface area contributed by atoms with Crippen molar-refractivity contribution in [2.45, 2.75) is 26.8 Å². The number of benzene rings is 2. The number of hydrogen-bond acceptors (Lipinski definition) is 2. The summed E-state index contributed by atoms with van der Waals surface area (Å²) in [6.45, 7) is 6.35.